The number of methoxy groups -OCH3 is 1. The van der Waals surface area contributed by atoms with Gasteiger partial charge in [-0.15, -0.1) is 0 Å². The Bertz CT molecular complexity index is 865. The van der Waals surface area contributed by atoms with E-state index in [4.69, 9.17) is 4.74 Å². The maximum absolute atomic E-state index is 12.3. The molecule has 0 saturated heterocycles. The fourth-order valence-electron chi connectivity index (χ4n) is 2.21. The second-order valence-corrected chi connectivity index (χ2v) is 6.07. The molecule has 0 bridgehead atoms. The third-order valence-electron chi connectivity index (χ3n) is 3.50. The summed E-state index contributed by atoms with van der Waals surface area (Å²) in [6.45, 7) is 0. The Kier molecular flexibility index (Phi) is 5.30. The summed E-state index contributed by atoms with van der Waals surface area (Å²) >= 11 is 3.37. The average Bonchev–Trinajstić information content (AvgIpc) is 2.64. The van der Waals surface area contributed by atoms with E-state index in [0.717, 1.165) is 21.6 Å². The van der Waals surface area contributed by atoms with Crippen molar-refractivity contribution in [3.63, 3.8) is 0 Å². The van der Waals surface area contributed by atoms with Crippen molar-refractivity contribution in [3.8, 4) is 5.75 Å². The molecule has 3 rings (SSSR count). The van der Waals surface area contributed by atoms with Crippen LogP contribution >= 0.6 is 15.9 Å². The molecule has 0 aliphatic carbocycles. The van der Waals surface area contributed by atoms with Crippen LogP contribution in [-0.4, -0.2) is 18.0 Å². The van der Waals surface area contributed by atoms with Crippen LogP contribution in [0.15, 0.2) is 71.3 Å². The van der Waals surface area contributed by atoms with Crippen LogP contribution in [0.4, 0.5) is 17.2 Å². The monoisotopic (exact) mass is 397 g/mol. The van der Waals surface area contributed by atoms with Crippen LogP contribution in [0.25, 0.3) is 0 Å². The Morgan fingerprint density at radius 2 is 1.72 bits per heavy atom. The van der Waals surface area contributed by atoms with Crippen molar-refractivity contribution in [3.05, 3.63) is 76.9 Å². The Labute approximate surface area is 154 Å². The maximum atomic E-state index is 12.3. The molecule has 0 atom stereocenters. The van der Waals surface area contributed by atoms with Gasteiger partial charge in [0.1, 0.15) is 11.6 Å². The van der Waals surface area contributed by atoms with Crippen molar-refractivity contribution >= 4 is 39.0 Å². The number of aromatic nitrogens is 1. The van der Waals surface area contributed by atoms with E-state index in [1.165, 1.54) is 0 Å². The largest absolute Gasteiger partial charge is 0.497 e. The van der Waals surface area contributed by atoms with Crippen molar-refractivity contribution in [1.82, 2.24) is 4.98 Å². The number of amides is 1. The molecule has 126 valence electrons. The molecule has 0 aliphatic heterocycles. The quantitative estimate of drug-likeness (QED) is 0.645. The highest BCUT2D eigenvalue weighted by atomic mass is 79.9. The van der Waals surface area contributed by atoms with E-state index in [0.29, 0.717) is 11.4 Å². The van der Waals surface area contributed by atoms with E-state index in [9.17, 15) is 4.79 Å². The Morgan fingerprint density at radius 3 is 2.36 bits per heavy atom. The molecule has 2 N–H and O–H groups in total. The van der Waals surface area contributed by atoms with Gasteiger partial charge in [-0.1, -0.05) is 12.1 Å². The molecule has 0 unspecified atom stereocenters. The van der Waals surface area contributed by atoms with Gasteiger partial charge >= 0.3 is 0 Å². The van der Waals surface area contributed by atoms with Crippen molar-refractivity contribution in [2.24, 2.45) is 0 Å². The molecule has 3 aromatic rings. The van der Waals surface area contributed by atoms with Crippen molar-refractivity contribution < 1.29 is 9.53 Å². The molecular weight excluding hydrogens is 382 g/mol. The number of carbonyl (C=O) groups is 1. The number of carbonyl (C=O) groups excluding carboxylic acids is 1. The number of nitrogens with zero attached hydrogens (tertiary/aromatic N) is 1. The summed E-state index contributed by atoms with van der Waals surface area (Å²) in [5, 5.41) is 6.02. The van der Waals surface area contributed by atoms with E-state index in [1.54, 1.807) is 25.4 Å². The van der Waals surface area contributed by atoms with E-state index in [1.807, 2.05) is 48.5 Å². The van der Waals surface area contributed by atoms with Gasteiger partial charge in [-0.05, 0) is 64.5 Å². The van der Waals surface area contributed by atoms with Crippen LogP contribution < -0.4 is 15.4 Å². The molecule has 1 heterocycles. The first-order chi connectivity index (χ1) is 12.2. The normalized spacial score (nSPS) is 10.2. The zero-order valence-electron chi connectivity index (χ0n) is 13.5. The molecule has 1 aromatic heterocycles. The number of rotatable bonds is 5. The first-order valence-corrected chi connectivity index (χ1v) is 8.38. The smallest absolute Gasteiger partial charge is 0.257 e. The van der Waals surface area contributed by atoms with E-state index in [2.05, 4.69) is 31.5 Å². The summed E-state index contributed by atoms with van der Waals surface area (Å²) in [6.07, 6.45) is 1.67. The summed E-state index contributed by atoms with van der Waals surface area (Å²) < 4.78 is 5.87. The van der Waals surface area contributed by atoms with Gasteiger partial charge in [0.25, 0.3) is 5.91 Å². The molecule has 5 nitrogen and oxygen atoms in total. The van der Waals surface area contributed by atoms with E-state index < -0.39 is 0 Å². The third-order valence-corrected chi connectivity index (χ3v) is 4.19. The fourth-order valence-corrected chi connectivity index (χ4v) is 2.68. The maximum Gasteiger partial charge on any atom is 0.257 e. The number of anilines is 3. The van der Waals surface area contributed by atoms with Crippen molar-refractivity contribution in [1.29, 1.82) is 0 Å². The summed E-state index contributed by atoms with van der Waals surface area (Å²) in [5.74, 6) is 1.07. The predicted octanol–water partition coefficient (Wildman–Crippen LogP) is 4.85. The first kappa shape index (κ1) is 17.0. The van der Waals surface area contributed by atoms with Crippen molar-refractivity contribution in [2.45, 2.75) is 0 Å². The third kappa shape index (κ3) is 4.36. The zero-order valence-corrected chi connectivity index (χ0v) is 15.1. The van der Waals surface area contributed by atoms with Crippen LogP contribution in [0.3, 0.4) is 0 Å². The van der Waals surface area contributed by atoms with Gasteiger partial charge in [-0.25, -0.2) is 4.98 Å². The Balaban J connectivity index is 1.65. The predicted molar refractivity (Wildman–Crippen MR) is 103 cm³/mol. The number of halogens is 1. The van der Waals surface area contributed by atoms with Gasteiger partial charge in [-0.3, -0.25) is 4.79 Å². The van der Waals surface area contributed by atoms with Crippen LogP contribution in [0.5, 0.6) is 5.75 Å². The molecule has 0 saturated carbocycles. The lowest BCUT2D eigenvalue weighted by Gasteiger charge is -2.09. The topological polar surface area (TPSA) is 63.2 Å². The zero-order chi connectivity index (χ0) is 17.6. The number of ether oxygens (including phenoxy) is 1. The summed E-state index contributed by atoms with van der Waals surface area (Å²) in [7, 11) is 1.63. The van der Waals surface area contributed by atoms with Gasteiger partial charge in [0.15, 0.2) is 0 Å². The molecule has 0 fully saturated rings. The van der Waals surface area contributed by atoms with Gasteiger partial charge in [0, 0.05) is 10.2 Å². The minimum absolute atomic E-state index is 0.212. The first-order valence-electron chi connectivity index (χ1n) is 7.59. The minimum Gasteiger partial charge on any atom is -0.497 e. The molecule has 6 heteroatoms. The molecule has 2 aromatic carbocycles. The van der Waals surface area contributed by atoms with Gasteiger partial charge in [0.05, 0.1) is 24.6 Å². The van der Waals surface area contributed by atoms with Crippen molar-refractivity contribution in [2.75, 3.05) is 17.7 Å². The lowest BCUT2D eigenvalue weighted by atomic mass is 10.2. The van der Waals surface area contributed by atoms with Crippen LogP contribution in [0.2, 0.25) is 0 Å². The van der Waals surface area contributed by atoms with Crippen LogP contribution in [0.1, 0.15) is 10.4 Å². The van der Waals surface area contributed by atoms with Gasteiger partial charge in [-0.2, -0.15) is 0 Å². The molecule has 0 spiro atoms. The molecule has 0 radical (unpaired) electrons. The van der Waals surface area contributed by atoms with E-state index in [-0.39, 0.29) is 5.91 Å². The number of nitrogens with one attached hydrogen (secondary N) is 2. The summed E-state index contributed by atoms with van der Waals surface area (Å²) in [5.41, 5.74) is 2.31. The number of pyridine rings is 1. The lowest BCUT2D eigenvalue weighted by Crippen LogP contribution is -2.13. The standard InChI is InChI=1S/C19H16BrN3O2/c1-25-15-9-6-13(7-10-15)22-14-8-11-18(21-12-14)23-19(24)16-4-2-3-5-17(16)20/h2-12,22H,1H3,(H,21,23,24). The summed E-state index contributed by atoms with van der Waals surface area (Å²) in [6, 6.07) is 18.4. The molecular formula is C19H16BrN3O2. The highest BCUT2D eigenvalue weighted by Crippen LogP contribution is 2.21. The lowest BCUT2D eigenvalue weighted by molar-refractivity contribution is 0.102. The molecule has 25 heavy (non-hydrogen) atoms. The van der Waals surface area contributed by atoms with Gasteiger partial charge < -0.3 is 15.4 Å². The average molecular weight is 398 g/mol. The van der Waals surface area contributed by atoms with Crippen LogP contribution in [0, 0.1) is 0 Å². The Hall–Kier alpha value is -2.86. The molecule has 0 aliphatic rings. The summed E-state index contributed by atoms with van der Waals surface area (Å²) in [4.78, 5) is 16.5. The highest BCUT2D eigenvalue weighted by Gasteiger charge is 2.10. The Morgan fingerprint density at radius 1 is 1.00 bits per heavy atom. The second kappa shape index (κ2) is 7.81. The number of benzene rings is 2. The highest BCUT2D eigenvalue weighted by molar-refractivity contribution is 9.10. The fraction of sp³-hybridized carbons (Fsp3) is 0.0526. The molecule has 1 amide bonds. The van der Waals surface area contributed by atoms with E-state index >= 15 is 0 Å². The minimum atomic E-state index is -0.212. The number of hydrogen-bond donors (Lipinski definition) is 2. The number of hydrogen-bond acceptors (Lipinski definition) is 4. The van der Waals surface area contributed by atoms with Crippen LogP contribution in [-0.2, 0) is 0 Å². The van der Waals surface area contributed by atoms with Gasteiger partial charge in [0.2, 0.25) is 0 Å². The SMILES string of the molecule is COc1ccc(Nc2ccc(NC(=O)c3ccccc3Br)nc2)cc1. The second-order valence-electron chi connectivity index (χ2n) is 5.22.